The topological polar surface area (TPSA) is 95.9 Å². The Morgan fingerprint density at radius 1 is 0.365 bits per heavy atom. The number of amides is 1. The van der Waals surface area contributed by atoms with Crippen molar-refractivity contribution in [2.45, 2.75) is 398 Å². The second-order valence-electron chi connectivity index (χ2n) is 23.5. The van der Waals surface area contributed by atoms with Crippen LogP contribution in [0.1, 0.15) is 386 Å². The highest BCUT2D eigenvalue weighted by atomic mass is 16.5. The number of aliphatic hydroxyl groups is 2. The first-order chi connectivity index (χ1) is 36.5. The van der Waals surface area contributed by atoms with Gasteiger partial charge in [0, 0.05) is 12.8 Å². The molecular weight excluding hydrogens is 911 g/mol. The summed E-state index contributed by atoms with van der Waals surface area (Å²) in [6.45, 7) is 4.98. The van der Waals surface area contributed by atoms with E-state index < -0.39 is 12.1 Å². The highest BCUT2D eigenvalue weighted by Crippen LogP contribution is 2.19. The molecule has 0 aliphatic rings. The lowest BCUT2D eigenvalue weighted by atomic mass is 10.0. The summed E-state index contributed by atoms with van der Waals surface area (Å²) in [7, 11) is 0. The lowest BCUT2D eigenvalue weighted by Crippen LogP contribution is -2.45. The number of ether oxygens (including phenoxy) is 1. The fourth-order valence-corrected chi connectivity index (χ4v) is 10.9. The number of carbonyl (C=O) groups excluding carboxylic acids is 2. The van der Waals surface area contributed by atoms with Gasteiger partial charge in [-0.25, -0.2) is 0 Å². The third-order valence-corrected chi connectivity index (χ3v) is 16.1. The normalized spacial score (nSPS) is 12.5. The standard InChI is InChI=1S/C68H133NO5/c1-3-5-7-9-11-13-15-17-19-28-32-36-40-44-48-52-56-60-66(71)65(64-70)69-67(72)61-57-53-49-45-41-37-33-30-26-24-22-21-23-25-27-31-35-39-43-47-51-55-59-63-74-68(73)62-58-54-50-46-42-38-34-29-20-18-16-14-12-10-8-6-4-2/h18,20,65-66,70-71H,3-17,19,21-64H2,1-2H3,(H,69,72)/b20-18-. The number of esters is 1. The van der Waals surface area contributed by atoms with Crippen LogP contribution in [0.5, 0.6) is 0 Å². The Morgan fingerprint density at radius 2 is 0.635 bits per heavy atom. The van der Waals surface area contributed by atoms with E-state index in [2.05, 4.69) is 31.3 Å². The van der Waals surface area contributed by atoms with Crippen LogP contribution in [0.3, 0.4) is 0 Å². The van der Waals surface area contributed by atoms with E-state index in [1.807, 2.05) is 0 Å². The summed E-state index contributed by atoms with van der Waals surface area (Å²) < 4.78 is 5.50. The molecule has 0 rings (SSSR count). The van der Waals surface area contributed by atoms with Gasteiger partial charge in [0.05, 0.1) is 25.4 Å². The van der Waals surface area contributed by atoms with Crippen LogP contribution in [-0.2, 0) is 14.3 Å². The first kappa shape index (κ1) is 72.6. The molecule has 0 spiro atoms. The Kier molecular flexibility index (Phi) is 62.9. The molecule has 6 heteroatoms. The lowest BCUT2D eigenvalue weighted by molar-refractivity contribution is -0.143. The second-order valence-corrected chi connectivity index (χ2v) is 23.5. The summed E-state index contributed by atoms with van der Waals surface area (Å²) in [6, 6.07) is -0.541. The molecule has 0 radical (unpaired) electrons. The number of rotatable bonds is 64. The van der Waals surface area contributed by atoms with Gasteiger partial charge < -0.3 is 20.3 Å². The zero-order chi connectivity index (χ0) is 53.6. The van der Waals surface area contributed by atoms with E-state index in [9.17, 15) is 19.8 Å². The van der Waals surface area contributed by atoms with Crippen LogP contribution in [0.4, 0.5) is 0 Å². The summed E-state index contributed by atoms with van der Waals surface area (Å²) >= 11 is 0. The average Bonchev–Trinajstić information content (AvgIpc) is 3.40. The molecule has 440 valence electrons. The Morgan fingerprint density at radius 3 is 0.959 bits per heavy atom. The molecule has 0 saturated heterocycles. The first-order valence-electron chi connectivity index (χ1n) is 33.9. The van der Waals surface area contributed by atoms with Gasteiger partial charge in [-0.3, -0.25) is 9.59 Å². The van der Waals surface area contributed by atoms with Crippen LogP contribution >= 0.6 is 0 Å². The molecule has 0 aliphatic heterocycles. The first-order valence-corrected chi connectivity index (χ1v) is 33.9. The molecule has 2 unspecified atom stereocenters. The fourth-order valence-electron chi connectivity index (χ4n) is 10.9. The molecular formula is C68H133NO5. The minimum atomic E-state index is -0.664. The molecule has 74 heavy (non-hydrogen) atoms. The minimum Gasteiger partial charge on any atom is -0.466 e. The Labute approximate surface area is 463 Å². The van der Waals surface area contributed by atoms with E-state index in [-0.39, 0.29) is 18.5 Å². The van der Waals surface area contributed by atoms with E-state index in [0.29, 0.717) is 25.9 Å². The largest absolute Gasteiger partial charge is 0.466 e. The van der Waals surface area contributed by atoms with Crippen LogP contribution in [0.25, 0.3) is 0 Å². The van der Waals surface area contributed by atoms with Crippen molar-refractivity contribution in [3.8, 4) is 0 Å². The zero-order valence-corrected chi connectivity index (χ0v) is 50.4. The monoisotopic (exact) mass is 1040 g/mol. The third-order valence-electron chi connectivity index (χ3n) is 16.1. The van der Waals surface area contributed by atoms with Gasteiger partial charge in [0.15, 0.2) is 0 Å². The van der Waals surface area contributed by atoms with Crippen molar-refractivity contribution in [3.05, 3.63) is 12.2 Å². The minimum absolute atomic E-state index is 0.0122. The highest BCUT2D eigenvalue weighted by Gasteiger charge is 2.20. The van der Waals surface area contributed by atoms with E-state index in [0.717, 1.165) is 44.9 Å². The van der Waals surface area contributed by atoms with Crippen molar-refractivity contribution >= 4 is 11.9 Å². The van der Waals surface area contributed by atoms with Gasteiger partial charge in [0.1, 0.15) is 0 Å². The van der Waals surface area contributed by atoms with Gasteiger partial charge in [0.25, 0.3) is 0 Å². The Balaban J connectivity index is 3.36. The van der Waals surface area contributed by atoms with E-state index in [1.54, 1.807) is 0 Å². The molecule has 0 saturated carbocycles. The summed E-state index contributed by atoms with van der Waals surface area (Å²) in [5, 5.41) is 23.4. The molecule has 0 heterocycles. The summed E-state index contributed by atoms with van der Waals surface area (Å²) in [4.78, 5) is 24.6. The van der Waals surface area contributed by atoms with Crippen molar-refractivity contribution in [1.29, 1.82) is 0 Å². The van der Waals surface area contributed by atoms with Crippen molar-refractivity contribution in [3.63, 3.8) is 0 Å². The third kappa shape index (κ3) is 59.8. The van der Waals surface area contributed by atoms with Crippen LogP contribution in [-0.4, -0.2) is 47.4 Å². The number of aliphatic hydroxyl groups excluding tert-OH is 2. The molecule has 1 amide bonds. The second kappa shape index (κ2) is 64.1. The SMILES string of the molecule is CCCCCCCC/C=C\CCCCCCCCCC(=O)OCCCCCCCCCCCCCCCCCCCCCCCCCC(=O)NC(CO)C(O)CCCCCCCCCCCCCCCCCCC. The van der Waals surface area contributed by atoms with Crippen molar-refractivity contribution < 1.29 is 24.5 Å². The molecule has 0 aromatic rings. The molecule has 0 fully saturated rings. The molecule has 3 N–H and O–H groups in total. The lowest BCUT2D eigenvalue weighted by Gasteiger charge is -2.22. The fraction of sp³-hybridized carbons (Fsp3) is 0.941. The maximum atomic E-state index is 12.5. The van der Waals surface area contributed by atoms with Crippen LogP contribution < -0.4 is 5.32 Å². The van der Waals surface area contributed by atoms with Crippen LogP contribution in [0.15, 0.2) is 12.2 Å². The van der Waals surface area contributed by atoms with Gasteiger partial charge in [-0.05, 0) is 51.4 Å². The predicted octanol–water partition coefficient (Wildman–Crippen LogP) is 21.6. The predicted molar refractivity (Wildman–Crippen MR) is 324 cm³/mol. The number of nitrogens with one attached hydrogen (secondary N) is 1. The number of carbonyl (C=O) groups is 2. The van der Waals surface area contributed by atoms with E-state index >= 15 is 0 Å². The number of unbranched alkanes of at least 4 members (excludes halogenated alkanes) is 51. The Hall–Kier alpha value is -1.40. The van der Waals surface area contributed by atoms with Gasteiger partial charge >= 0.3 is 5.97 Å². The molecule has 0 aromatic carbocycles. The Bertz CT molecular complexity index is 1110. The molecule has 6 nitrogen and oxygen atoms in total. The number of hydrogen-bond acceptors (Lipinski definition) is 5. The van der Waals surface area contributed by atoms with Crippen LogP contribution in [0.2, 0.25) is 0 Å². The highest BCUT2D eigenvalue weighted by molar-refractivity contribution is 5.76. The summed E-state index contributed by atoms with van der Waals surface area (Å²) in [6.07, 6.45) is 78.1. The van der Waals surface area contributed by atoms with Gasteiger partial charge in [-0.2, -0.15) is 0 Å². The van der Waals surface area contributed by atoms with E-state index in [1.165, 1.54) is 308 Å². The van der Waals surface area contributed by atoms with Crippen molar-refractivity contribution in [2.75, 3.05) is 13.2 Å². The smallest absolute Gasteiger partial charge is 0.305 e. The number of hydrogen-bond donors (Lipinski definition) is 3. The van der Waals surface area contributed by atoms with Gasteiger partial charge in [-0.1, -0.05) is 334 Å². The maximum Gasteiger partial charge on any atom is 0.305 e. The quantitative estimate of drug-likeness (QED) is 0.0320. The molecule has 0 aliphatic carbocycles. The maximum absolute atomic E-state index is 12.5. The van der Waals surface area contributed by atoms with Crippen LogP contribution in [0, 0.1) is 0 Å². The van der Waals surface area contributed by atoms with Crippen molar-refractivity contribution in [2.24, 2.45) is 0 Å². The molecule has 2 atom stereocenters. The summed E-state index contributed by atoms with van der Waals surface area (Å²) in [5.74, 6) is -0.0186. The average molecular weight is 1040 g/mol. The number of allylic oxidation sites excluding steroid dienone is 2. The van der Waals surface area contributed by atoms with E-state index in [4.69, 9.17) is 4.74 Å². The summed E-state index contributed by atoms with van der Waals surface area (Å²) in [5.41, 5.74) is 0. The van der Waals surface area contributed by atoms with Gasteiger partial charge in [0.2, 0.25) is 5.91 Å². The van der Waals surface area contributed by atoms with Crippen molar-refractivity contribution in [1.82, 2.24) is 5.32 Å². The molecule has 0 bridgehead atoms. The zero-order valence-electron chi connectivity index (χ0n) is 50.4. The molecule has 0 aromatic heterocycles. The van der Waals surface area contributed by atoms with Gasteiger partial charge in [-0.15, -0.1) is 0 Å².